The molecule has 1 aliphatic rings. The number of thiophene rings is 1. The van der Waals surface area contributed by atoms with E-state index >= 15 is 0 Å². The summed E-state index contributed by atoms with van der Waals surface area (Å²) in [5, 5.41) is 2.04. The molecule has 0 saturated carbocycles. The van der Waals surface area contributed by atoms with Gasteiger partial charge in [-0.2, -0.15) is 0 Å². The summed E-state index contributed by atoms with van der Waals surface area (Å²) in [6, 6.07) is 8.72. The molecule has 1 atom stereocenters. The van der Waals surface area contributed by atoms with Crippen LogP contribution in [0.15, 0.2) is 40.7 Å². The van der Waals surface area contributed by atoms with Gasteiger partial charge < -0.3 is 5.73 Å². The van der Waals surface area contributed by atoms with Gasteiger partial charge in [-0.25, -0.2) is 4.39 Å². The molecule has 0 spiro atoms. The van der Waals surface area contributed by atoms with Crippen molar-refractivity contribution in [1.82, 2.24) is 0 Å². The molecule has 0 radical (unpaired) electrons. The van der Waals surface area contributed by atoms with Crippen LogP contribution < -0.4 is 10.6 Å². The Kier molecular flexibility index (Phi) is 2.98. The van der Waals surface area contributed by atoms with E-state index in [4.69, 9.17) is 5.73 Å². The van der Waals surface area contributed by atoms with Gasteiger partial charge in [0.15, 0.2) is 5.96 Å². The first-order valence-corrected chi connectivity index (χ1v) is 6.94. The van der Waals surface area contributed by atoms with Crippen molar-refractivity contribution in [2.75, 3.05) is 11.4 Å². The molecular weight excluding hydrogens is 261 g/mol. The third kappa shape index (κ3) is 2.00. The summed E-state index contributed by atoms with van der Waals surface area (Å²) in [7, 11) is 0. The van der Waals surface area contributed by atoms with Gasteiger partial charge in [-0.15, -0.1) is 11.3 Å². The van der Waals surface area contributed by atoms with Gasteiger partial charge in [-0.3, -0.25) is 9.89 Å². The van der Waals surface area contributed by atoms with Crippen molar-refractivity contribution in [3.63, 3.8) is 0 Å². The Labute approximate surface area is 115 Å². The molecule has 0 saturated heterocycles. The minimum Gasteiger partial charge on any atom is -0.369 e. The number of hydrogen-bond acceptors (Lipinski definition) is 4. The summed E-state index contributed by atoms with van der Waals surface area (Å²) in [4.78, 5) is 7.25. The topological polar surface area (TPSA) is 41.6 Å². The predicted molar refractivity (Wildman–Crippen MR) is 77.2 cm³/mol. The van der Waals surface area contributed by atoms with E-state index in [0.717, 1.165) is 0 Å². The highest BCUT2D eigenvalue weighted by Gasteiger charge is 2.31. The lowest BCUT2D eigenvalue weighted by Crippen LogP contribution is -2.36. The van der Waals surface area contributed by atoms with Crippen LogP contribution in [0.4, 0.5) is 10.1 Å². The third-order valence-corrected chi connectivity index (χ3v) is 4.42. The Hall–Kier alpha value is -1.88. The van der Waals surface area contributed by atoms with Gasteiger partial charge in [0.05, 0.1) is 18.3 Å². The van der Waals surface area contributed by atoms with Crippen molar-refractivity contribution in [3.8, 4) is 0 Å². The van der Waals surface area contributed by atoms with E-state index in [0.29, 0.717) is 18.2 Å². The van der Waals surface area contributed by atoms with Gasteiger partial charge >= 0.3 is 0 Å². The van der Waals surface area contributed by atoms with Gasteiger partial charge in [0, 0.05) is 4.88 Å². The van der Waals surface area contributed by atoms with Crippen molar-refractivity contribution < 1.29 is 4.39 Å². The fourth-order valence-electron chi connectivity index (χ4n) is 2.36. The van der Waals surface area contributed by atoms with Gasteiger partial charge in [-0.1, -0.05) is 12.1 Å². The molecule has 0 fully saturated rings. The summed E-state index contributed by atoms with van der Waals surface area (Å²) in [6.45, 7) is 2.63. The maximum atomic E-state index is 14.0. The minimum atomic E-state index is -0.276. The highest BCUT2D eigenvalue weighted by Crippen LogP contribution is 2.36. The molecule has 3 nitrogen and oxygen atoms in total. The fraction of sp³-hybridized carbons (Fsp3) is 0.214. The second-order valence-electron chi connectivity index (χ2n) is 4.50. The van der Waals surface area contributed by atoms with Crippen LogP contribution in [0, 0.1) is 12.7 Å². The molecule has 2 aromatic rings. The standard InChI is InChI=1S/C14H14FN3S/c1-9-6-7-19-13(9)12-8-17-14(16)18(12)11-5-3-2-4-10(11)15/h2-7,12H,8H2,1H3,(H2,16,17). The average molecular weight is 275 g/mol. The van der Waals surface area contributed by atoms with E-state index in [1.54, 1.807) is 28.4 Å². The van der Waals surface area contributed by atoms with E-state index in [2.05, 4.69) is 18.0 Å². The maximum absolute atomic E-state index is 14.0. The predicted octanol–water partition coefficient (Wildman–Crippen LogP) is 3.07. The molecule has 2 heterocycles. The third-order valence-electron chi connectivity index (χ3n) is 3.30. The monoisotopic (exact) mass is 275 g/mol. The normalized spacial score (nSPS) is 18.7. The van der Waals surface area contributed by atoms with Crippen LogP contribution in [0.25, 0.3) is 0 Å². The maximum Gasteiger partial charge on any atom is 0.196 e. The number of halogens is 1. The van der Waals surface area contributed by atoms with Crippen LogP contribution >= 0.6 is 11.3 Å². The molecule has 19 heavy (non-hydrogen) atoms. The lowest BCUT2D eigenvalue weighted by Gasteiger charge is -2.26. The highest BCUT2D eigenvalue weighted by atomic mass is 32.1. The van der Waals surface area contributed by atoms with Crippen LogP contribution in [-0.2, 0) is 0 Å². The Balaban J connectivity index is 2.05. The lowest BCUT2D eigenvalue weighted by molar-refractivity contribution is 0.620. The van der Waals surface area contributed by atoms with Gasteiger partial charge in [0.1, 0.15) is 5.82 Å². The van der Waals surface area contributed by atoms with Crippen molar-refractivity contribution in [3.05, 3.63) is 52.0 Å². The lowest BCUT2D eigenvalue weighted by atomic mass is 10.1. The molecule has 3 rings (SSSR count). The zero-order chi connectivity index (χ0) is 13.4. The molecule has 5 heteroatoms. The summed E-state index contributed by atoms with van der Waals surface area (Å²) in [6.07, 6.45) is 0. The smallest absolute Gasteiger partial charge is 0.196 e. The molecule has 0 amide bonds. The summed E-state index contributed by atoms with van der Waals surface area (Å²) in [5.41, 5.74) is 7.62. The van der Waals surface area contributed by atoms with Crippen LogP contribution in [-0.4, -0.2) is 12.5 Å². The largest absolute Gasteiger partial charge is 0.369 e. The number of nitrogens with two attached hydrogens (primary N) is 1. The SMILES string of the molecule is Cc1ccsc1C1CN=C(N)N1c1ccccc1F. The second kappa shape index (κ2) is 4.66. The summed E-state index contributed by atoms with van der Waals surface area (Å²) < 4.78 is 14.0. The Morgan fingerprint density at radius 1 is 1.37 bits per heavy atom. The molecule has 2 N–H and O–H groups in total. The van der Waals surface area contributed by atoms with Crippen molar-refractivity contribution in [2.45, 2.75) is 13.0 Å². The number of nitrogens with zero attached hydrogens (tertiary/aromatic N) is 2. The molecule has 1 aromatic carbocycles. The van der Waals surface area contributed by atoms with E-state index in [1.165, 1.54) is 16.5 Å². The molecular formula is C14H14FN3S. The summed E-state index contributed by atoms with van der Waals surface area (Å²) >= 11 is 1.66. The van der Waals surface area contributed by atoms with Gasteiger partial charge in [-0.05, 0) is 36.1 Å². The Morgan fingerprint density at radius 2 is 2.16 bits per heavy atom. The van der Waals surface area contributed by atoms with Crippen molar-refractivity contribution in [2.24, 2.45) is 10.7 Å². The van der Waals surface area contributed by atoms with Gasteiger partial charge in [0.25, 0.3) is 0 Å². The molecule has 1 aliphatic heterocycles. The number of guanidine groups is 1. The zero-order valence-corrected chi connectivity index (χ0v) is 11.3. The number of anilines is 1. The minimum absolute atomic E-state index is 0.00287. The molecule has 0 bridgehead atoms. The average Bonchev–Trinajstić information content (AvgIpc) is 2.96. The molecule has 1 unspecified atom stereocenters. The number of rotatable bonds is 2. The number of hydrogen-bond donors (Lipinski definition) is 1. The van der Waals surface area contributed by atoms with Gasteiger partial charge in [0.2, 0.25) is 0 Å². The van der Waals surface area contributed by atoms with E-state index in [1.807, 2.05) is 11.4 Å². The molecule has 1 aromatic heterocycles. The number of aryl methyl sites for hydroxylation is 1. The van der Waals surface area contributed by atoms with Crippen molar-refractivity contribution >= 4 is 23.0 Å². The van der Waals surface area contributed by atoms with Crippen LogP contribution in [0.3, 0.4) is 0 Å². The van der Waals surface area contributed by atoms with Crippen molar-refractivity contribution in [1.29, 1.82) is 0 Å². The van der Waals surface area contributed by atoms with E-state index in [-0.39, 0.29) is 11.9 Å². The van der Waals surface area contributed by atoms with Crippen LogP contribution in [0.2, 0.25) is 0 Å². The Morgan fingerprint density at radius 3 is 2.84 bits per heavy atom. The number of aliphatic imine (C=N–C) groups is 1. The Bertz CT molecular complexity index is 635. The van der Waals surface area contributed by atoms with E-state index < -0.39 is 0 Å². The molecule has 98 valence electrons. The van der Waals surface area contributed by atoms with Crippen LogP contribution in [0.1, 0.15) is 16.5 Å². The quantitative estimate of drug-likeness (QED) is 0.915. The summed E-state index contributed by atoms with van der Waals surface area (Å²) in [5.74, 6) is 0.102. The zero-order valence-electron chi connectivity index (χ0n) is 10.5. The van der Waals surface area contributed by atoms with E-state index in [9.17, 15) is 4.39 Å². The number of para-hydroxylation sites is 1. The first kappa shape index (κ1) is 12.2. The first-order valence-electron chi connectivity index (χ1n) is 6.06. The first-order chi connectivity index (χ1) is 9.18. The fourth-order valence-corrected chi connectivity index (χ4v) is 3.37. The highest BCUT2D eigenvalue weighted by molar-refractivity contribution is 7.10. The van der Waals surface area contributed by atoms with Crippen LogP contribution in [0.5, 0.6) is 0 Å². The second-order valence-corrected chi connectivity index (χ2v) is 5.45. The molecule has 0 aliphatic carbocycles. The number of benzene rings is 1.